The standard InChI is InChI=1S/C8H6Cl3NO.ClH/c9-5-1-2-6(10)8(11)4(5)3-7(12)13;/h1-2H,3H2,(H2,12,13);1H. The molecule has 0 aliphatic carbocycles. The molecule has 0 aliphatic rings. The van der Waals surface area contributed by atoms with Gasteiger partial charge in [0.05, 0.1) is 16.5 Å². The van der Waals surface area contributed by atoms with Crippen LogP contribution in [0.25, 0.3) is 0 Å². The summed E-state index contributed by atoms with van der Waals surface area (Å²) in [7, 11) is 0. The van der Waals surface area contributed by atoms with Gasteiger partial charge >= 0.3 is 0 Å². The van der Waals surface area contributed by atoms with E-state index in [2.05, 4.69) is 0 Å². The van der Waals surface area contributed by atoms with E-state index in [-0.39, 0.29) is 23.9 Å². The van der Waals surface area contributed by atoms with Crippen molar-refractivity contribution in [3.63, 3.8) is 0 Å². The van der Waals surface area contributed by atoms with Crippen molar-refractivity contribution in [3.05, 3.63) is 32.8 Å². The topological polar surface area (TPSA) is 43.1 Å². The summed E-state index contributed by atoms with van der Waals surface area (Å²) in [5, 5.41) is 1.04. The molecule has 0 saturated heterocycles. The molecule has 1 amide bonds. The van der Waals surface area contributed by atoms with E-state index in [1.54, 1.807) is 12.1 Å². The molecule has 0 aromatic heterocycles. The molecule has 0 fully saturated rings. The number of carbonyl (C=O) groups is 1. The fraction of sp³-hybridized carbons (Fsp3) is 0.125. The minimum absolute atomic E-state index is 0. The lowest BCUT2D eigenvalue weighted by molar-refractivity contribution is -0.117. The number of hydrogen-bond acceptors (Lipinski definition) is 1. The maximum atomic E-state index is 10.6. The van der Waals surface area contributed by atoms with E-state index >= 15 is 0 Å². The van der Waals surface area contributed by atoms with E-state index in [1.165, 1.54) is 0 Å². The van der Waals surface area contributed by atoms with Gasteiger partial charge < -0.3 is 5.73 Å². The van der Waals surface area contributed by atoms with Crippen molar-refractivity contribution < 1.29 is 4.79 Å². The largest absolute Gasteiger partial charge is 0.369 e. The van der Waals surface area contributed by atoms with E-state index < -0.39 is 5.91 Å². The summed E-state index contributed by atoms with van der Waals surface area (Å²) >= 11 is 17.3. The Bertz CT molecular complexity index is 353. The first-order valence-corrected chi connectivity index (χ1v) is 4.56. The monoisotopic (exact) mass is 273 g/mol. The average Bonchev–Trinajstić information content (AvgIpc) is 2.05. The lowest BCUT2D eigenvalue weighted by Crippen LogP contribution is -2.14. The van der Waals surface area contributed by atoms with Crippen molar-refractivity contribution in [2.24, 2.45) is 5.73 Å². The molecule has 0 bridgehead atoms. The molecular weight excluding hydrogens is 268 g/mol. The second-order valence-electron chi connectivity index (χ2n) is 2.46. The van der Waals surface area contributed by atoms with Crippen LogP contribution in [0.2, 0.25) is 15.1 Å². The summed E-state index contributed by atoms with van der Waals surface area (Å²) < 4.78 is 0. The molecule has 78 valence electrons. The third-order valence-electron chi connectivity index (χ3n) is 1.49. The molecule has 1 aromatic carbocycles. The number of carbonyl (C=O) groups excluding carboxylic acids is 1. The first-order valence-electron chi connectivity index (χ1n) is 3.43. The lowest BCUT2D eigenvalue weighted by atomic mass is 10.1. The number of primary amides is 1. The van der Waals surface area contributed by atoms with Gasteiger partial charge in [0.1, 0.15) is 0 Å². The number of rotatable bonds is 2. The highest BCUT2D eigenvalue weighted by molar-refractivity contribution is 6.44. The molecule has 0 aliphatic heterocycles. The first-order chi connectivity index (χ1) is 6.02. The van der Waals surface area contributed by atoms with Crippen LogP contribution in [-0.4, -0.2) is 5.91 Å². The third-order valence-corrected chi connectivity index (χ3v) is 2.69. The van der Waals surface area contributed by atoms with Gasteiger partial charge in [0.2, 0.25) is 5.91 Å². The number of benzene rings is 1. The van der Waals surface area contributed by atoms with Gasteiger partial charge in [0.15, 0.2) is 0 Å². The summed E-state index contributed by atoms with van der Waals surface area (Å²) in [6, 6.07) is 3.14. The Morgan fingerprint density at radius 1 is 1.21 bits per heavy atom. The Morgan fingerprint density at radius 3 is 2.21 bits per heavy atom. The Balaban J connectivity index is 0.00000169. The number of amides is 1. The summed E-state index contributed by atoms with van der Waals surface area (Å²) in [6.07, 6.45) is -0.00176. The van der Waals surface area contributed by atoms with Crippen molar-refractivity contribution in [1.82, 2.24) is 0 Å². The van der Waals surface area contributed by atoms with Crippen LogP contribution in [0.1, 0.15) is 5.56 Å². The SMILES string of the molecule is Cl.NC(=O)Cc1c(Cl)ccc(Cl)c1Cl. The molecule has 1 rings (SSSR count). The van der Waals surface area contributed by atoms with E-state index in [9.17, 15) is 4.79 Å². The van der Waals surface area contributed by atoms with Crippen LogP contribution in [0.15, 0.2) is 12.1 Å². The second kappa shape index (κ2) is 5.66. The summed E-state index contributed by atoms with van der Waals surface area (Å²) in [5.41, 5.74) is 5.49. The van der Waals surface area contributed by atoms with Gasteiger partial charge in [-0.3, -0.25) is 4.79 Å². The summed E-state index contributed by atoms with van der Waals surface area (Å²) in [4.78, 5) is 10.6. The number of hydrogen-bond donors (Lipinski definition) is 1. The van der Waals surface area contributed by atoms with Gasteiger partial charge in [-0.25, -0.2) is 0 Å². The normalized spacial score (nSPS) is 9.36. The van der Waals surface area contributed by atoms with Crippen molar-refractivity contribution in [3.8, 4) is 0 Å². The van der Waals surface area contributed by atoms with Crippen LogP contribution in [0, 0.1) is 0 Å². The van der Waals surface area contributed by atoms with Gasteiger partial charge in [-0.15, -0.1) is 12.4 Å². The van der Waals surface area contributed by atoms with Gasteiger partial charge in [-0.05, 0) is 12.1 Å². The molecule has 14 heavy (non-hydrogen) atoms. The fourth-order valence-electron chi connectivity index (χ4n) is 0.905. The van der Waals surface area contributed by atoms with Crippen LogP contribution < -0.4 is 5.73 Å². The van der Waals surface area contributed by atoms with Crippen LogP contribution in [-0.2, 0) is 11.2 Å². The summed E-state index contributed by atoms with van der Waals surface area (Å²) in [6.45, 7) is 0. The van der Waals surface area contributed by atoms with Gasteiger partial charge in [-0.2, -0.15) is 0 Å². The molecule has 0 radical (unpaired) electrons. The Hall–Kier alpha value is -0.150. The van der Waals surface area contributed by atoms with Crippen LogP contribution >= 0.6 is 47.2 Å². The lowest BCUT2D eigenvalue weighted by Gasteiger charge is -2.05. The molecule has 6 heteroatoms. The minimum Gasteiger partial charge on any atom is -0.369 e. The quantitative estimate of drug-likeness (QED) is 0.828. The highest BCUT2D eigenvalue weighted by Gasteiger charge is 2.11. The highest BCUT2D eigenvalue weighted by Crippen LogP contribution is 2.31. The average molecular weight is 275 g/mol. The zero-order valence-corrected chi connectivity index (χ0v) is 9.97. The van der Waals surface area contributed by atoms with Crippen LogP contribution in [0.5, 0.6) is 0 Å². The number of nitrogens with two attached hydrogens (primary N) is 1. The van der Waals surface area contributed by atoms with Gasteiger partial charge in [0, 0.05) is 10.6 Å². The zero-order chi connectivity index (χ0) is 10.0. The molecule has 2 N–H and O–H groups in total. The van der Waals surface area contributed by atoms with Crippen molar-refractivity contribution in [1.29, 1.82) is 0 Å². The molecule has 0 atom stereocenters. The van der Waals surface area contributed by atoms with Crippen molar-refractivity contribution >= 4 is 53.1 Å². The summed E-state index contributed by atoms with van der Waals surface area (Å²) in [5.74, 6) is -0.494. The van der Waals surface area contributed by atoms with Crippen molar-refractivity contribution in [2.75, 3.05) is 0 Å². The molecule has 0 unspecified atom stereocenters. The van der Waals surface area contributed by atoms with Crippen molar-refractivity contribution in [2.45, 2.75) is 6.42 Å². The maximum Gasteiger partial charge on any atom is 0.221 e. The third kappa shape index (κ3) is 3.21. The fourth-order valence-corrected chi connectivity index (χ4v) is 1.59. The zero-order valence-electron chi connectivity index (χ0n) is 6.89. The Kier molecular flexibility index (Phi) is 5.60. The Morgan fingerprint density at radius 2 is 1.71 bits per heavy atom. The molecule has 1 aromatic rings. The van der Waals surface area contributed by atoms with Gasteiger partial charge in [0.25, 0.3) is 0 Å². The van der Waals surface area contributed by atoms with Gasteiger partial charge in [-0.1, -0.05) is 34.8 Å². The Labute approximate surface area is 103 Å². The maximum absolute atomic E-state index is 10.6. The van der Waals surface area contributed by atoms with Crippen LogP contribution in [0.4, 0.5) is 0 Å². The predicted octanol–water partition coefficient (Wildman–Crippen LogP) is 3.10. The molecule has 0 saturated carbocycles. The predicted molar refractivity (Wildman–Crippen MR) is 61.6 cm³/mol. The smallest absolute Gasteiger partial charge is 0.221 e. The first kappa shape index (κ1) is 13.8. The molecular formula is C8H7Cl4NO. The number of halogens is 4. The van der Waals surface area contributed by atoms with E-state index in [4.69, 9.17) is 40.5 Å². The van der Waals surface area contributed by atoms with E-state index in [0.29, 0.717) is 15.6 Å². The van der Waals surface area contributed by atoms with E-state index in [0.717, 1.165) is 0 Å². The molecule has 0 spiro atoms. The van der Waals surface area contributed by atoms with Crippen LogP contribution in [0.3, 0.4) is 0 Å². The second-order valence-corrected chi connectivity index (χ2v) is 3.66. The minimum atomic E-state index is -0.494. The van der Waals surface area contributed by atoms with E-state index in [1.807, 2.05) is 0 Å². The molecule has 2 nitrogen and oxygen atoms in total. The highest BCUT2D eigenvalue weighted by atomic mass is 35.5. The molecule has 0 heterocycles.